The fourth-order valence-electron chi connectivity index (χ4n) is 1.20. The number of aldehydes is 1. The number of carbonyl (C=O) groups is 2. The molecule has 0 spiro atoms. The molecule has 0 aliphatic carbocycles. The van der Waals surface area contributed by atoms with Gasteiger partial charge in [-0.15, -0.1) is 0 Å². The molecule has 0 saturated carbocycles. The van der Waals surface area contributed by atoms with E-state index in [0.29, 0.717) is 17.6 Å². The zero-order valence-electron chi connectivity index (χ0n) is 9.76. The van der Waals surface area contributed by atoms with E-state index in [-0.39, 0.29) is 19.4 Å². The Morgan fingerprint density at radius 1 is 1.41 bits per heavy atom. The number of ether oxygens (including phenoxy) is 3. The number of carbonyl (C=O) groups excluding carboxylic acids is 2. The zero-order chi connectivity index (χ0) is 12.7. The zero-order valence-corrected chi connectivity index (χ0v) is 9.76. The minimum Gasteiger partial charge on any atom is -0.467 e. The summed E-state index contributed by atoms with van der Waals surface area (Å²) in [6, 6.07) is 4.95. The van der Waals surface area contributed by atoms with Gasteiger partial charge in [0.25, 0.3) is 0 Å². The minimum atomic E-state index is -0.358. The smallest absolute Gasteiger partial charge is 0.302 e. The third kappa shape index (κ3) is 4.24. The Balaban J connectivity index is 2.80. The quantitative estimate of drug-likeness (QED) is 0.427. The van der Waals surface area contributed by atoms with E-state index in [2.05, 4.69) is 0 Å². The lowest BCUT2D eigenvalue weighted by atomic mass is 10.1. The molecule has 0 amide bonds. The van der Waals surface area contributed by atoms with E-state index in [1.807, 2.05) is 0 Å². The van der Waals surface area contributed by atoms with E-state index in [1.54, 1.807) is 18.2 Å². The van der Waals surface area contributed by atoms with Crippen molar-refractivity contribution in [1.29, 1.82) is 0 Å². The molecule has 92 valence electrons. The number of esters is 1. The highest BCUT2D eigenvalue weighted by Gasteiger charge is 2.05. The van der Waals surface area contributed by atoms with Gasteiger partial charge in [-0.1, -0.05) is 6.07 Å². The van der Waals surface area contributed by atoms with Crippen molar-refractivity contribution in [3.63, 3.8) is 0 Å². The van der Waals surface area contributed by atoms with Crippen molar-refractivity contribution < 1.29 is 23.8 Å². The highest BCUT2D eigenvalue weighted by Crippen LogP contribution is 2.19. The number of methoxy groups -OCH3 is 1. The molecule has 0 aliphatic heterocycles. The Labute approximate surface area is 99.3 Å². The molecule has 0 fully saturated rings. The van der Waals surface area contributed by atoms with Gasteiger partial charge in [-0.2, -0.15) is 0 Å². The lowest BCUT2D eigenvalue weighted by Crippen LogP contribution is -2.03. The summed E-state index contributed by atoms with van der Waals surface area (Å²) < 4.78 is 14.8. The largest absolute Gasteiger partial charge is 0.467 e. The van der Waals surface area contributed by atoms with Crippen molar-refractivity contribution in [3.05, 3.63) is 29.3 Å². The van der Waals surface area contributed by atoms with E-state index >= 15 is 0 Å². The molecule has 0 aliphatic rings. The van der Waals surface area contributed by atoms with Crippen molar-refractivity contribution in [1.82, 2.24) is 0 Å². The molecule has 0 unspecified atom stereocenters. The molecule has 1 rings (SSSR count). The van der Waals surface area contributed by atoms with Crippen molar-refractivity contribution >= 4 is 12.3 Å². The van der Waals surface area contributed by atoms with Gasteiger partial charge in [-0.05, 0) is 17.7 Å². The summed E-state index contributed by atoms with van der Waals surface area (Å²) in [6.07, 6.45) is 0.695. The summed E-state index contributed by atoms with van der Waals surface area (Å²) in [5.74, 6) is 0.0512. The van der Waals surface area contributed by atoms with Crippen LogP contribution >= 0.6 is 0 Å². The molecule has 17 heavy (non-hydrogen) atoms. The monoisotopic (exact) mass is 238 g/mol. The van der Waals surface area contributed by atoms with Crippen LogP contribution in [0.1, 0.15) is 22.8 Å². The molecule has 0 N–H and O–H groups in total. The Hall–Kier alpha value is -1.88. The maximum absolute atomic E-state index is 10.8. The van der Waals surface area contributed by atoms with Gasteiger partial charge in [0.15, 0.2) is 13.1 Å². The molecule has 0 atom stereocenters. The van der Waals surface area contributed by atoms with Crippen LogP contribution < -0.4 is 4.74 Å². The third-order valence-corrected chi connectivity index (χ3v) is 1.98. The highest BCUT2D eigenvalue weighted by molar-refractivity contribution is 5.79. The van der Waals surface area contributed by atoms with Gasteiger partial charge in [0.05, 0.1) is 5.56 Å². The average molecular weight is 238 g/mol. The highest BCUT2D eigenvalue weighted by atomic mass is 16.7. The number of rotatable bonds is 6. The van der Waals surface area contributed by atoms with Crippen LogP contribution in [-0.4, -0.2) is 26.2 Å². The van der Waals surface area contributed by atoms with Crippen molar-refractivity contribution in [2.75, 3.05) is 13.9 Å². The standard InChI is InChI=1S/C12H14O5/c1-9(14)16-7-10-3-4-11(6-13)12(5-10)17-8-15-2/h3-6H,7-8H2,1-2H3. The van der Waals surface area contributed by atoms with Gasteiger partial charge >= 0.3 is 5.97 Å². The predicted molar refractivity (Wildman–Crippen MR) is 59.8 cm³/mol. The minimum absolute atomic E-state index is 0.0534. The second kappa shape index (κ2) is 6.65. The summed E-state index contributed by atoms with van der Waals surface area (Å²) >= 11 is 0. The molecule has 0 bridgehead atoms. The summed E-state index contributed by atoms with van der Waals surface area (Å²) in [4.78, 5) is 21.4. The van der Waals surface area contributed by atoms with Gasteiger partial charge in [0.2, 0.25) is 0 Å². The van der Waals surface area contributed by atoms with Crippen LogP contribution in [0.5, 0.6) is 5.75 Å². The molecular formula is C12H14O5. The van der Waals surface area contributed by atoms with E-state index in [0.717, 1.165) is 5.56 Å². The number of hydrogen-bond donors (Lipinski definition) is 0. The Bertz CT molecular complexity index is 400. The first kappa shape index (κ1) is 13.2. The predicted octanol–water partition coefficient (Wildman–Crippen LogP) is 1.54. The molecule has 0 aromatic heterocycles. The summed E-state index contributed by atoms with van der Waals surface area (Å²) in [5, 5.41) is 0. The molecular weight excluding hydrogens is 224 g/mol. The summed E-state index contributed by atoms with van der Waals surface area (Å²) in [6.45, 7) is 1.54. The maximum Gasteiger partial charge on any atom is 0.302 e. The molecule has 1 aromatic rings. The second-order valence-corrected chi connectivity index (χ2v) is 3.32. The Morgan fingerprint density at radius 3 is 2.76 bits per heavy atom. The summed E-state index contributed by atoms with van der Waals surface area (Å²) in [7, 11) is 1.49. The van der Waals surface area contributed by atoms with E-state index in [9.17, 15) is 9.59 Å². The molecule has 0 radical (unpaired) electrons. The number of hydrogen-bond acceptors (Lipinski definition) is 5. The van der Waals surface area contributed by atoms with Gasteiger partial charge in [0, 0.05) is 14.0 Å². The van der Waals surface area contributed by atoms with Crippen LogP contribution in [0.15, 0.2) is 18.2 Å². The first-order valence-electron chi connectivity index (χ1n) is 5.00. The van der Waals surface area contributed by atoms with Crippen LogP contribution in [0.3, 0.4) is 0 Å². The van der Waals surface area contributed by atoms with Gasteiger partial charge in [0.1, 0.15) is 12.4 Å². The fourth-order valence-corrected chi connectivity index (χ4v) is 1.20. The van der Waals surface area contributed by atoms with Gasteiger partial charge in [-0.3, -0.25) is 9.59 Å². The molecule has 0 saturated heterocycles. The van der Waals surface area contributed by atoms with Crippen LogP contribution in [-0.2, 0) is 20.9 Å². The maximum atomic E-state index is 10.8. The van der Waals surface area contributed by atoms with Crippen LogP contribution in [0.25, 0.3) is 0 Å². The Morgan fingerprint density at radius 2 is 2.18 bits per heavy atom. The lowest BCUT2D eigenvalue weighted by Gasteiger charge is -2.09. The van der Waals surface area contributed by atoms with Gasteiger partial charge < -0.3 is 14.2 Å². The van der Waals surface area contributed by atoms with Crippen molar-refractivity contribution in [3.8, 4) is 5.75 Å². The normalized spacial score (nSPS) is 9.76. The Kier molecular flexibility index (Phi) is 5.16. The first-order valence-corrected chi connectivity index (χ1v) is 5.00. The fraction of sp³-hybridized carbons (Fsp3) is 0.333. The van der Waals surface area contributed by atoms with E-state index < -0.39 is 0 Å². The second-order valence-electron chi connectivity index (χ2n) is 3.32. The SMILES string of the molecule is COCOc1cc(COC(C)=O)ccc1C=O. The van der Waals surface area contributed by atoms with E-state index in [1.165, 1.54) is 14.0 Å². The topological polar surface area (TPSA) is 61.8 Å². The van der Waals surface area contributed by atoms with Crippen molar-refractivity contribution in [2.45, 2.75) is 13.5 Å². The molecule has 1 aromatic carbocycles. The van der Waals surface area contributed by atoms with Crippen LogP contribution in [0.2, 0.25) is 0 Å². The van der Waals surface area contributed by atoms with Crippen LogP contribution in [0.4, 0.5) is 0 Å². The summed E-state index contributed by atoms with van der Waals surface area (Å²) in [5.41, 5.74) is 1.17. The van der Waals surface area contributed by atoms with Crippen LogP contribution in [0, 0.1) is 0 Å². The molecule has 0 heterocycles. The van der Waals surface area contributed by atoms with E-state index in [4.69, 9.17) is 14.2 Å². The molecule has 5 heteroatoms. The van der Waals surface area contributed by atoms with Crippen molar-refractivity contribution in [2.24, 2.45) is 0 Å². The third-order valence-electron chi connectivity index (χ3n) is 1.98. The average Bonchev–Trinajstić information content (AvgIpc) is 2.33. The van der Waals surface area contributed by atoms with Gasteiger partial charge in [-0.25, -0.2) is 0 Å². The lowest BCUT2D eigenvalue weighted by molar-refractivity contribution is -0.142. The molecule has 5 nitrogen and oxygen atoms in total. The first-order chi connectivity index (χ1) is 8.17. The number of benzene rings is 1.